The van der Waals surface area contributed by atoms with E-state index in [-0.39, 0.29) is 28.7 Å². The Balaban J connectivity index is 1.37. The summed E-state index contributed by atoms with van der Waals surface area (Å²) >= 11 is 1.31. The number of imide groups is 1. The predicted molar refractivity (Wildman–Crippen MR) is 165 cm³/mol. The fourth-order valence-corrected chi connectivity index (χ4v) is 8.58. The molecule has 43 heavy (non-hydrogen) atoms. The van der Waals surface area contributed by atoms with Gasteiger partial charge in [0.25, 0.3) is 11.8 Å². The van der Waals surface area contributed by atoms with Crippen molar-refractivity contribution in [1.82, 2.24) is 14.5 Å². The number of piperidine rings is 1. The van der Waals surface area contributed by atoms with Gasteiger partial charge in [0.2, 0.25) is 10.0 Å². The van der Waals surface area contributed by atoms with Crippen molar-refractivity contribution < 1.29 is 27.5 Å². The van der Waals surface area contributed by atoms with Crippen molar-refractivity contribution in [2.24, 2.45) is 0 Å². The predicted octanol–water partition coefficient (Wildman–Crippen LogP) is 5.01. The van der Waals surface area contributed by atoms with Gasteiger partial charge in [-0.15, -0.1) is 11.3 Å². The minimum absolute atomic E-state index is 0.0746. The Kier molecular flexibility index (Phi) is 9.60. The van der Waals surface area contributed by atoms with Gasteiger partial charge in [0, 0.05) is 42.7 Å². The van der Waals surface area contributed by atoms with Gasteiger partial charge >= 0.3 is 6.09 Å². The Hall–Kier alpha value is -3.58. The second-order valence-electron chi connectivity index (χ2n) is 10.8. The van der Waals surface area contributed by atoms with E-state index < -0.39 is 27.9 Å². The highest BCUT2D eigenvalue weighted by Gasteiger charge is 2.32. The zero-order valence-electron chi connectivity index (χ0n) is 24.3. The van der Waals surface area contributed by atoms with E-state index in [1.807, 2.05) is 25.1 Å². The lowest BCUT2D eigenvalue weighted by molar-refractivity contribution is 0.0924. The van der Waals surface area contributed by atoms with E-state index in [0.717, 1.165) is 36.2 Å². The summed E-state index contributed by atoms with van der Waals surface area (Å²) < 4.78 is 32.9. The maximum Gasteiger partial charge on any atom is 0.414 e. The molecule has 5 rings (SSSR count). The number of nitrogens with zero attached hydrogens (tertiary/aromatic N) is 2. The molecule has 228 valence electrons. The van der Waals surface area contributed by atoms with Crippen molar-refractivity contribution in [3.05, 3.63) is 81.7 Å². The molecule has 2 N–H and O–H groups in total. The minimum Gasteiger partial charge on any atom is -0.450 e. The third kappa shape index (κ3) is 6.98. The minimum atomic E-state index is -3.67. The van der Waals surface area contributed by atoms with Crippen LogP contribution in [0.25, 0.3) is 0 Å². The number of sulfonamides is 1. The van der Waals surface area contributed by atoms with E-state index in [0.29, 0.717) is 31.1 Å². The summed E-state index contributed by atoms with van der Waals surface area (Å²) in [4.78, 5) is 42.0. The lowest BCUT2D eigenvalue weighted by atomic mass is 10.0. The summed E-state index contributed by atoms with van der Waals surface area (Å²) in [6.07, 6.45) is 2.36. The molecule has 12 heteroatoms. The molecule has 10 nitrogen and oxygen atoms in total. The van der Waals surface area contributed by atoms with Crippen LogP contribution in [0.5, 0.6) is 0 Å². The summed E-state index contributed by atoms with van der Waals surface area (Å²) in [6.45, 7) is 6.19. The number of ether oxygens (including phenoxy) is 1. The van der Waals surface area contributed by atoms with Crippen molar-refractivity contribution in [2.75, 3.05) is 25.0 Å². The van der Waals surface area contributed by atoms with Crippen molar-refractivity contribution in [1.29, 1.82) is 0 Å². The second-order valence-corrected chi connectivity index (χ2v) is 13.8. The van der Waals surface area contributed by atoms with Gasteiger partial charge < -0.3 is 10.1 Å². The topological polar surface area (TPSA) is 125 Å². The first-order valence-corrected chi connectivity index (χ1v) is 16.7. The van der Waals surface area contributed by atoms with Crippen molar-refractivity contribution in [3.63, 3.8) is 0 Å². The van der Waals surface area contributed by atoms with Gasteiger partial charge in [-0.1, -0.05) is 36.8 Å². The number of carbonyl (C=O) groups is 3. The van der Waals surface area contributed by atoms with E-state index in [4.69, 9.17) is 4.74 Å². The molecule has 0 bridgehead atoms. The molecule has 0 radical (unpaired) electrons. The smallest absolute Gasteiger partial charge is 0.414 e. The molecule has 1 atom stereocenters. The highest BCUT2D eigenvalue weighted by atomic mass is 32.2. The molecule has 2 aliphatic rings. The molecule has 0 aliphatic carbocycles. The molecule has 3 amide bonds. The monoisotopic (exact) mass is 624 g/mol. The van der Waals surface area contributed by atoms with Gasteiger partial charge in [-0.2, -0.15) is 4.31 Å². The van der Waals surface area contributed by atoms with Gasteiger partial charge in [0.1, 0.15) is 5.00 Å². The molecule has 0 spiro atoms. The number of alkyl carbamates (subject to hydrolysis) is 1. The maximum absolute atomic E-state index is 13.3. The molecule has 0 saturated carbocycles. The van der Waals surface area contributed by atoms with Crippen LogP contribution in [-0.2, 0) is 34.3 Å². The number of amides is 3. The number of hydrogen-bond donors (Lipinski definition) is 2. The van der Waals surface area contributed by atoms with Gasteiger partial charge in [-0.05, 0) is 68.5 Å². The van der Waals surface area contributed by atoms with E-state index in [9.17, 15) is 22.8 Å². The normalized spacial score (nSPS) is 17.6. The van der Waals surface area contributed by atoms with Gasteiger partial charge in [0.15, 0.2) is 0 Å². The molecule has 1 saturated heterocycles. The quantitative estimate of drug-likeness (QED) is 0.361. The Morgan fingerprint density at radius 3 is 2.44 bits per heavy atom. The maximum atomic E-state index is 13.3. The number of fused-ring (bicyclic) bond motifs is 1. The molecule has 2 aliphatic heterocycles. The summed E-state index contributed by atoms with van der Waals surface area (Å²) in [7, 11) is -3.67. The molecule has 1 aromatic heterocycles. The number of carbonyl (C=O) groups excluding carboxylic acids is 3. The second kappa shape index (κ2) is 13.4. The van der Waals surface area contributed by atoms with Crippen LogP contribution in [0.4, 0.5) is 9.80 Å². The fourth-order valence-electron chi connectivity index (χ4n) is 5.60. The molecular formula is C31H36N4O6S2. The Bertz CT molecular complexity index is 1590. The third-order valence-corrected chi connectivity index (χ3v) is 11.0. The summed E-state index contributed by atoms with van der Waals surface area (Å²) in [5.74, 6) is -1.12. The Morgan fingerprint density at radius 1 is 1.00 bits per heavy atom. The van der Waals surface area contributed by atoms with Crippen LogP contribution in [0.15, 0.2) is 59.5 Å². The first kappa shape index (κ1) is 30.9. The Labute approximate surface area is 256 Å². The summed E-state index contributed by atoms with van der Waals surface area (Å²) in [5, 5.41) is 5.45. The lowest BCUT2D eigenvalue weighted by Gasteiger charge is -2.32. The number of rotatable bonds is 8. The van der Waals surface area contributed by atoms with E-state index in [1.54, 1.807) is 6.92 Å². The average molecular weight is 625 g/mol. The largest absolute Gasteiger partial charge is 0.450 e. The van der Waals surface area contributed by atoms with Crippen molar-refractivity contribution >= 4 is 44.3 Å². The number of anilines is 1. The molecule has 3 aromatic rings. The summed E-state index contributed by atoms with van der Waals surface area (Å²) in [5.41, 5.74) is 2.47. The van der Waals surface area contributed by atoms with Crippen LogP contribution < -0.4 is 10.6 Å². The standard InChI is InChI=1S/C31H36N4O6S2/c1-3-41-31(38)33-29(37)27-25-16-18-34(19-22-10-5-4-6-11-22)20-26(25)42-30(27)32-28(36)23-12-14-24(15-13-23)43(39,40)35-17-8-7-9-21(35)2/h4-6,10-15,21H,3,7-9,16-20H2,1-2H3,(H,32,36)(H,33,37,38). The van der Waals surface area contributed by atoms with Crippen LogP contribution in [0.1, 0.15) is 69.8 Å². The average Bonchev–Trinajstić information content (AvgIpc) is 3.35. The van der Waals surface area contributed by atoms with E-state index in [1.165, 1.54) is 45.5 Å². The highest BCUT2D eigenvalue weighted by Crippen LogP contribution is 2.38. The number of nitrogens with one attached hydrogen (secondary N) is 2. The van der Waals surface area contributed by atoms with Crippen molar-refractivity contribution in [3.8, 4) is 0 Å². The summed E-state index contributed by atoms with van der Waals surface area (Å²) in [6, 6.07) is 15.9. The van der Waals surface area contributed by atoms with E-state index >= 15 is 0 Å². The fraction of sp³-hybridized carbons (Fsp3) is 0.387. The van der Waals surface area contributed by atoms with E-state index in [2.05, 4.69) is 27.7 Å². The van der Waals surface area contributed by atoms with Crippen LogP contribution in [-0.4, -0.2) is 61.3 Å². The van der Waals surface area contributed by atoms with Gasteiger partial charge in [0.05, 0.1) is 17.1 Å². The van der Waals surface area contributed by atoms with Crippen LogP contribution in [0.2, 0.25) is 0 Å². The SMILES string of the molecule is CCOC(=O)NC(=O)c1c(NC(=O)c2ccc(S(=O)(=O)N3CCCCC3C)cc2)sc2c1CCN(Cc1ccccc1)C2. The van der Waals surface area contributed by atoms with Gasteiger partial charge in [-0.25, -0.2) is 13.2 Å². The molecule has 1 fully saturated rings. The zero-order valence-corrected chi connectivity index (χ0v) is 25.9. The first-order valence-electron chi connectivity index (χ1n) is 14.5. The highest BCUT2D eigenvalue weighted by molar-refractivity contribution is 7.89. The first-order chi connectivity index (χ1) is 20.7. The zero-order chi connectivity index (χ0) is 30.6. The Morgan fingerprint density at radius 2 is 1.74 bits per heavy atom. The lowest BCUT2D eigenvalue weighted by Crippen LogP contribution is -2.41. The van der Waals surface area contributed by atoms with Crippen LogP contribution >= 0.6 is 11.3 Å². The van der Waals surface area contributed by atoms with Crippen molar-refractivity contribution in [2.45, 2.75) is 63.6 Å². The van der Waals surface area contributed by atoms with Crippen LogP contribution in [0.3, 0.4) is 0 Å². The van der Waals surface area contributed by atoms with Crippen LogP contribution in [0, 0.1) is 0 Å². The number of hydrogen-bond acceptors (Lipinski definition) is 8. The number of thiophene rings is 1. The molecule has 3 heterocycles. The van der Waals surface area contributed by atoms with Gasteiger partial charge in [-0.3, -0.25) is 19.8 Å². The molecule has 1 unspecified atom stereocenters. The third-order valence-electron chi connectivity index (χ3n) is 7.80. The molecule has 2 aromatic carbocycles. The molecular weight excluding hydrogens is 588 g/mol. The number of benzene rings is 2.